The van der Waals surface area contributed by atoms with Crippen molar-refractivity contribution in [2.45, 2.75) is 18.9 Å². The van der Waals surface area contributed by atoms with Gasteiger partial charge in [-0.25, -0.2) is 13.6 Å². The van der Waals surface area contributed by atoms with Gasteiger partial charge >= 0.3 is 6.03 Å². The first-order valence-electron chi connectivity index (χ1n) is 8.95. The molecule has 0 bridgehead atoms. The van der Waals surface area contributed by atoms with E-state index in [1.807, 2.05) is 0 Å². The maximum absolute atomic E-state index is 12.7. The van der Waals surface area contributed by atoms with Gasteiger partial charge in [0.15, 0.2) is 0 Å². The molecule has 0 spiro atoms. The lowest BCUT2D eigenvalue weighted by Gasteiger charge is -2.20. The van der Waals surface area contributed by atoms with Crippen LogP contribution in [-0.4, -0.2) is 68.5 Å². The highest BCUT2D eigenvalue weighted by molar-refractivity contribution is 6.00. The van der Waals surface area contributed by atoms with Gasteiger partial charge in [0.05, 0.1) is 26.1 Å². The van der Waals surface area contributed by atoms with E-state index in [-0.39, 0.29) is 25.0 Å². The van der Waals surface area contributed by atoms with Crippen LogP contribution in [0.5, 0.6) is 5.75 Å². The van der Waals surface area contributed by atoms with Crippen molar-refractivity contribution in [3.05, 3.63) is 24.3 Å². The fourth-order valence-corrected chi connectivity index (χ4v) is 3.38. The van der Waals surface area contributed by atoms with Gasteiger partial charge in [0.25, 0.3) is 6.43 Å². The summed E-state index contributed by atoms with van der Waals surface area (Å²) in [7, 11) is 1.54. The van der Waals surface area contributed by atoms with E-state index in [1.165, 1.54) is 9.80 Å². The number of carbonyl (C=O) groups excluding carboxylic acids is 3. The summed E-state index contributed by atoms with van der Waals surface area (Å²) in [6.07, 6.45) is -2.20. The minimum absolute atomic E-state index is 0.156. The fraction of sp³-hybridized carbons (Fsp3) is 0.500. The summed E-state index contributed by atoms with van der Waals surface area (Å²) in [4.78, 5) is 39.8. The zero-order valence-electron chi connectivity index (χ0n) is 15.4. The van der Waals surface area contributed by atoms with Gasteiger partial charge in [0, 0.05) is 18.8 Å². The molecule has 8 nitrogen and oxygen atoms in total. The van der Waals surface area contributed by atoms with Gasteiger partial charge in [-0.15, -0.1) is 0 Å². The highest BCUT2D eigenvalue weighted by Gasteiger charge is 2.39. The lowest BCUT2D eigenvalue weighted by molar-refractivity contribution is -0.132. The van der Waals surface area contributed by atoms with E-state index < -0.39 is 30.8 Å². The zero-order chi connectivity index (χ0) is 20.3. The van der Waals surface area contributed by atoms with Crippen LogP contribution in [0.4, 0.5) is 19.3 Å². The van der Waals surface area contributed by atoms with Crippen molar-refractivity contribution in [2.24, 2.45) is 5.92 Å². The second kappa shape index (κ2) is 8.41. The smallest absolute Gasteiger partial charge is 0.322 e. The van der Waals surface area contributed by atoms with Gasteiger partial charge in [-0.1, -0.05) is 0 Å². The highest BCUT2D eigenvalue weighted by Crippen LogP contribution is 2.24. The van der Waals surface area contributed by atoms with Crippen molar-refractivity contribution in [1.29, 1.82) is 0 Å². The standard InChI is InChI=1S/C18H22F2N4O4/c1-28-13-4-2-12(3-5-13)24-10-14(22-18(24)27)17(26)23-7-6-11(9-23)16(25)21-8-15(19)20/h2-5,11,14-15H,6-10H2,1H3,(H,21,25)(H,22,27). The second-order valence-corrected chi connectivity index (χ2v) is 6.72. The van der Waals surface area contributed by atoms with Crippen LogP contribution in [0.3, 0.4) is 0 Å². The Bertz CT molecular complexity index is 744. The number of urea groups is 1. The number of halogens is 2. The number of hydrogen-bond acceptors (Lipinski definition) is 4. The van der Waals surface area contributed by atoms with Crippen LogP contribution in [0.2, 0.25) is 0 Å². The summed E-state index contributed by atoms with van der Waals surface area (Å²) in [6, 6.07) is 5.79. The second-order valence-electron chi connectivity index (χ2n) is 6.72. The average Bonchev–Trinajstić information content (AvgIpc) is 3.33. The van der Waals surface area contributed by atoms with Gasteiger partial charge in [0.1, 0.15) is 11.8 Å². The number of likely N-dealkylation sites (tertiary alicyclic amines) is 1. The van der Waals surface area contributed by atoms with Crippen molar-refractivity contribution >= 4 is 23.5 Å². The van der Waals surface area contributed by atoms with E-state index in [4.69, 9.17) is 4.74 Å². The predicted octanol–water partition coefficient (Wildman–Crippen LogP) is 0.823. The topological polar surface area (TPSA) is 91.0 Å². The number of ether oxygens (including phenoxy) is 1. The molecule has 2 unspecified atom stereocenters. The molecule has 2 aliphatic rings. The Morgan fingerprint density at radius 3 is 2.64 bits per heavy atom. The Hall–Kier alpha value is -2.91. The number of methoxy groups -OCH3 is 1. The lowest BCUT2D eigenvalue weighted by Crippen LogP contribution is -2.45. The van der Waals surface area contributed by atoms with Gasteiger partial charge in [-0.05, 0) is 30.7 Å². The number of benzene rings is 1. The van der Waals surface area contributed by atoms with Crippen LogP contribution in [-0.2, 0) is 9.59 Å². The molecule has 2 N–H and O–H groups in total. The van der Waals surface area contributed by atoms with Gasteiger partial charge in [-0.3, -0.25) is 14.5 Å². The molecular weight excluding hydrogens is 374 g/mol. The Kier molecular flexibility index (Phi) is 5.96. The van der Waals surface area contributed by atoms with Crippen LogP contribution in [0.25, 0.3) is 0 Å². The molecule has 28 heavy (non-hydrogen) atoms. The molecular formula is C18H22F2N4O4. The average molecular weight is 396 g/mol. The zero-order valence-corrected chi connectivity index (χ0v) is 15.4. The van der Waals surface area contributed by atoms with E-state index in [0.29, 0.717) is 24.4 Å². The number of rotatable bonds is 6. The van der Waals surface area contributed by atoms with Crippen molar-refractivity contribution in [1.82, 2.24) is 15.5 Å². The molecule has 10 heteroatoms. The quantitative estimate of drug-likeness (QED) is 0.745. The summed E-state index contributed by atoms with van der Waals surface area (Å²) in [5.41, 5.74) is 0.638. The first-order chi connectivity index (χ1) is 13.4. The summed E-state index contributed by atoms with van der Waals surface area (Å²) in [6.45, 7) is -0.0230. The van der Waals surface area contributed by atoms with E-state index in [9.17, 15) is 23.2 Å². The largest absolute Gasteiger partial charge is 0.497 e. The van der Waals surface area contributed by atoms with Gasteiger partial charge in [-0.2, -0.15) is 0 Å². The molecule has 0 aromatic heterocycles. The van der Waals surface area contributed by atoms with Crippen LogP contribution >= 0.6 is 0 Å². The predicted molar refractivity (Wildman–Crippen MR) is 96.4 cm³/mol. The Morgan fingerprint density at radius 2 is 2.00 bits per heavy atom. The molecule has 152 valence electrons. The fourth-order valence-electron chi connectivity index (χ4n) is 3.38. The molecule has 0 aliphatic carbocycles. The number of hydrogen-bond donors (Lipinski definition) is 2. The first-order valence-corrected chi connectivity index (χ1v) is 8.95. The van der Waals surface area contributed by atoms with Crippen LogP contribution < -0.4 is 20.3 Å². The molecule has 2 atom stereocenters. The monoisotopic (exact) mass is 396 g/mol. The first kappa shape index (κ1) is 19.8. The minimum Gasteiger partial charge on any atom is -0.497 e. The van der Waals surface area contributed by atoms with E-state index >= 15 is 0 Å². The third-order valence-electron chi connectivity index (χ3n) is 4.89. The van der Waals surface area contributed by atoms with Gasteiger partial charge in [0.2, 0.25) is 11.8 Å². The van der Waals surface area contributed by atoms with Crippen LogP contribution in [0.15, 0.2) is 24.3 Å². The number of anilines is 1. The maximum atomic E-state index is 12.7. The SMILES string of the molecule is COc1ccc(N2CC(C(=O)N3CCC(C(=O)NCC(F)F)C3)NC2=O)cc1. The molecule has 1 aromatic rings. The molecule has 3 rings (SSSR count). The van der Waals surface area contributed by atoms with Crippen LogP contribution in [0.1, 0.15) is 6.42 Å². The number of carbonyl (C=O) groups is 3. The molecule has 1 aromatic carbocycles. The van der Waals surface area contributed by atoms with E-state index in [0.717, 1.165) is 0 Å². The van der Waals surface area contributed by atoms with E-state index in [2.05, 4.69) is 10.6 Å². The third-order valence-corrected chi connectivity index (χ3v) is 4.89. The summed E-state index contributed by atoms with van der Waals surface area (Å²) in [5, 5.41) is 4.84. The number of amides is 4. The summed E-state index contributed by atoms with van der Waals surface area (Å²) < 4.78 is 29.5. The Balaban J connectivity index is 1.56. The molecule has 2 saturated heterocycles. The van der Waals surface area contributed by atoms with Crippen molar-refractivity contribution in [3.63, 3.8) is 0 Å². The summed E-state index contributed by atoms with van der Waals surface area (Å²) >= 11 is 0. The maximum Gasteiger partial charge on any atom is 0.322 e. The molecule has 2 fully saturated rings. The molecule has 0 saturated carbocycles. The minimum atomic E-state index is -2.61. The molecule has 2 heterocycles. The number of nitrogens with one attached hydrogen (secondary N) is 2. The lowest BCUT2D eigenvalue weighted by atomic mass is 10.1. The van der Waals surface area contributed by atoms with Crippen molar-refractivity contribution in [2.75, 3.05) is 38.2 Å². The number of alkyl halides is 2. The Labute approximate surface area is 160 Å². The number of nitrogens with zero attached hydrogens (tertiary/aromatic N) is 2. The third kappa shape index (κ3) is 4.32. The Morgan fingerprint density at radius 1 is 1.29 bits per heavy atom. The summed E-state index contributed by atoms with van der Waals surface area (Å²) in [5.74, 6) is -0.624. The van der Waals surface area contributed by atoms with Gasteiger partial charge < -0.3 is 20.3 Å². The molecule has 0 radical (unpaired) electrons. The van der Waals surface area contributed by atoms with Crippen molar-refractivity contribution in [3.8, 4) is 5.75 Å². The van der Waals surface area contributed by atoms with E-state index in [1.54, 1.807) is 31.4 Å². The highest BCUT2D eigenvalue weighted by atomic mass is 19.3. The normalized spacial score (nSPS) is 21.8. The van der Waals surface area contributed by atoms with Crippen LogP contribution in [0, 0.1) is 5.92 Å². The van der Waals surface area contributed by atoms with Crippen molar-refractivity contribution < 1.29 is 27.9 Å². The molecule has 2 aliphatic heterocycles. The molecule has 4 amide bonds.